The molecule has 0 bridgehead atoms. The van der Waals surface area contributed by atoms with Crippen molar-refractivity contribution in [1.82, 2.24) is 9.80 Å². The third kappa shape index (κ3) is 4.55. The number of hydrogen-bond donors (Lipinski definition) is 1. The number of benzene rings is 3. The van der Waals surface area contributed by atoms with Crippen molar-refractivity contribution in [2.45, 2.75) is 31.2 Å². The molecule has 5 rings (SSSR count). The van der Waals surface area contributed by atoms with E-state index in [-0.39, 0.29) is 12.0 Å². The molecule has 1 aliphatic carbocycles. The average molecular weight is 500 g/mol. The van der Waals surface area contributed by atoms with Crippen LogP contribution < -0.4 is 0 Å². The zero-order valence-electron chi connectivity index (χ0n) is 20.5. The quantitative estimate of drug-likeness (QED) is 0.186. The van der Waals surface area contributed by atoms with E-state index in [2.05, 4.69) is 64.0 Å². The molecular weight excluding hydrogens is 470 g/mol. The van der Waals surface area contributed by atoms with Gasteiger partial charge in [-0.05, 0) is 64.4 Å². The van der Waals surface area contributed by atoms with Gasteiger partial charge in [-0.25, -0.2) is 4.79 Å². The smallest absolute Gasteiger partial charge is 0.409 e. The van der Waals surface area contributed by atoms with E-state index in [4.69, 9.17) is 10.3 Å². The highest BCUT2D eigenvalue weighted by molar-refractivity contribution is 7.80. The summed E-state index contributed by atoms with van der Waals surface area (Å²) < 4.78 is 5.84. The highest BCUT2D eigenvalue weighted by Crippen LogP contribution is 2.44. The van der Waals surface area contributed by atoms with Gasteiger partial charge in [0.15, 0.2) is 0 Å². The molecule has 7 nitrogen and oxygen atoms in total. The number of amides is 1. The minimum atomic E-state index is -0.258. The summed E-state index contributed by atoms with van der Waals surface area (Å²) in [5.41, 5.74) is 17.4. The largest absolute Gasteiger partial charge is 0.448 e. The van der Waals surface area contributed by atoms with Crippen molar-refractivity contribution < 1.29 is 9.53 Å². The molecule has 8 heteroatoms. The Labute approximate surface area is 216 Å². The molecule has 184 valence electrons. The second-order valence-corrected chi connectivity index (χ2v) is 9.86. The molecule has 0 saturated carbocycles. The van der Waals surface area contributed by atoms with E-state index in [9.17, 15) is 4.79 Å². The van der Waals surface area contributed by atoms with Gasteiger partial charge in [0.05, 0.1) is 0 Å². The van der Waals surface area contributed by atoms with Gasteiger partial charge in [0.25, 0.3) is 0 Å². The number of rotatable bonds is 5. The molecule has 2 aliphatic rings. The third-order valence-corrected chi connectivity index (χ3v) is 8.07. The van der Waals surface area contributed by atoms with Crippen molar-refractivity contribution >= 4 is 24.4 Å². The molecule has 36 heavy (non-hydrogen) atoms. The summed E-state index contributed by atoms with van der Waals surface area (Å²) >= 11 is 4.63. The molecule has 0 atom stereocenters. The van der Waals surface area contributed by atoms with Crippen LogP contribution in [-0.4, -0.2) is 48.7 Å². The van der Waals surface area contributed by atoms with Crippen molar-refractivity contribution in [3.8, 4) is 11.1 Å². The molecule has 1 heterocycles. The monoisotopic (exact) mass is 499 g/mol. The van der Waals surface area contributed by atoms with Crippen molar-refractivity contribution in [3.63, 3.8) is 0 Å². The minimum Gasteiger partial charge on any atom is -0.448 e. The van der Waals surface area contributed by atoms with E-state index in [1.807, 2.05) is 32.0 Å². The molecule has 1 aliphatic heterocycles. The average Bonchev–Trinajstić information content (AvgIpc) is 3.23. The summed E-state index contributed by atoms with van der Waals surface area (Å²) in [4.78, 5) is 20.8. The summed E-state index contributed by atoms with van der Waals surface area (Å²) in [6.07, 6.45) is -0.258. The van der Waals surface area contributed by atoms with Crippen LogP contribution >= 0.6 is 12.6 Å². The highest BCUT2D eigenvalue weighted by Gasteiger charge is 2.30. The zero-order chi connectivity index (χ0) is 25.2. The summed E-state index contributed by atoms with van der Waals surface area (Å²) in [7, 11) is 0. The van der Waals surface area contributed by atoms with Crippen LogP contribution in [0.15, 0.2) is 64.6 Å². The Morgan fingerprint density at radius 2 is 1.64 bits per heavy atom. The van der Waals surface area contributed by atoms with Crippen LogP contribution in [0, 0.1) is 13.8 Å². The second-order valence-electron chi connectivity index (χ2n) is 9.41. The van der Waals surface area contributed by atoms with E-state index in [1.54, 1.807) is 4.90 Å². The minimum absolute atomic E-state index is 0.0628. The molecule has 3 aromatic rings. The number of carbonyl (C=O) groups is 1. The van der Waals surface area contributed by atoms with Gasteiger partial charge in [-0.1, -0.05) is 53.6 Å². The predicted octanol–water partition coefficient (Wildman–Crippen LogP) is 6.60. The Kier molecular flexibility index (Phi) is 6.92. The lowest BCUT2D eigenvalue weighted by molar-refractivity contribution is 0.0728. The molecule has 3 aromatic carbocycles. The maximum absolute atomic E-state index is 12.9. The summed E-state index contributed by atoms with van der Waals surface area (Å²) in [6, 6.07) is 18.7. The standard InChI is InChI=1S/C28H29N5O2S/c1-18-20(15-26(30-31-29)19(2)27(18)36)16-32-11-13-33(14-12-32)28(34)35-17-25-23-9-5-3-7-21(23)22-8-4-6-10-24(22)25/h3-10,15,25,36H,11-14,16-17H2,1-2H3. The number of hydrogen-bond acceptors (Lipinski definition) is 5. The molecule has 1 fully saturated rings. The second kappa shape index (κ2) is 10.3. The Hall–Kier alpha value is -3.45. The maximum atomic E-state index is 12.9. The first kappa shape index (κ1) is 24.3. The van der Waals surface area contributed by atoms with E-state index < -0.39 is 0 Å². The highest BCUT2D eigenvalue weighted by atomic mass is 32.1. The first-order valence-corrected chi connectivity index (χ1v) is 12.6. The van der Waals surface area contributed by atoms with Crippen LogP contribution in [0.4, 0.5) is 10.5 Å². The SMILES string of the molecule is Cc1c(CN2CCN(C(=O)OCC3c4ccccc4-c4ccccc43)CC2)cc(N=[N+]=[N-])c(C)c1S. The molecule has 0 N–H and O–H groups in total. The number of nitrogens with zero attached hydrogens (tertiary/aromatic N) is 5. The van der Waals surface area contributed by atoms with Crippen LogP contribution in [0.25, 0.3) is 21.6 Å². The Morgan fingerprint density at radius 1 is 1.03 bits per heavy atom. The number of azide groups is 1. The lowest BCUT2D eigenvalue weighted by atomic mass is 9.98. The van der Waals surface area contributed by atoms with Gasteiger partial charge in [-0.3, -0.25) is 4.90 Å². The first-order chi connectivity index (χ1) is 17.5. The van der Waals surface area contributed by atoms with E-state index in [1.165, 1.54) is 22.3 Å². The van der Waals surface area contributed by atoms with E-state index in [0.717, 1.165) is 34.7 Å². The Balaban J connectivity index is 1.19. The number of carbonyl (C=O) groups excluding carboxylic acids is 1. The Morgan fingerprint density at radius 3 is 2.25 bits per heavy atom. The Bertz CT molecular complexity index is 1310. The number of ether oxygens (including phenoxy) is 1. The summed E-state index contributed by atoms with van der Waals surface area (Å²) in [6.45, 7) is 7.71. The van der Waals surface area contributed by atoms with E-state index in [0.29, 0.717) is 31.9 Å². The fourth-order valence-corrected chi connectivity index (χ4v) is 5.53. The van der Waals surface area contributed by atoms with Crippen LogP contribution in [0.1, 0.15) is 33.7 Å². The van der Waals surface area contributed by atoms with Crippen LogP contribution in [-0.2, 0) is 11.3 Å². The molecule has 0 radical (unpaired) electrons. The van der Waals surface area contributed by atoms with Crippen molar-refractivity contribution in [2.75, 3.05) is 32.8 Å². The molecule has 0 unspecified atom stereocenters. The summed E-state index contributed by atoms with van der Waals surface area (Å²) in [5.74, 6) is 0.0628. The van der Waals surface area contributed by atoms with Crippen molar-refractivity contribution in [3.05, 3.63) is 92.9 Å². The van der Waals surface area contributed by atoms with Crippen molar-refractivity contribution in [1.29, 1.82) is 0 Å². The number of piperazine rings is 1. The van der Waals surface area contributed by atoms with Gasteiger partial charge in [-0.2, -0.15) is 0 Å². The topological polar surface area (TPSA) is 81.5 Å². The molecule has 0 aromatic heterocycles. The van der Waals surface area contributed by atoms with Gasteiger partial charge < -0.3 is 9.64 Å². The van der Waals surface area contributed by atoms with Crippen LogP contribution in [0.5, 0.6) is 0 Å². The van der Waals surface area contributed by atoms with Gasteiger partial charge >= 0.3 is 6.09 Å². The van der Waals surface area contributed by atoms with E-state index >= 15 is 0 Å². The fraction of sp³-hybridized carbons (Fsp3) is 0.321. The normalized spacial score (nSPS) is 15.2. The predicted molar refractivity (Wildman–Crippen MR) is 144 cm³/mol. The summed E-state index contributed by atoms with van der Waals surface area (Å²) in [5, 5.41) is 3.82. The van der Waals surface area contributed by atoms with Crippen LogP contribution in [0.3, 0.4) is 0 Å². The van der Waals surface area contributed by atoms with Gasteiger partial charge in [0.1, 0.15) is 6.61 Å². The molecule has 1 saturated heterocycles. The zero-order valence-corrected chi connectivity index (χ0v) is 21.4. The fourth-order valence-electron chi connectivity index (χ4n) is 5.27. The van der Waals surface area contributed by atoms with Crippen molar-refractivity contribution in [2.24, 2.45) is 5.11 Å². The lowest BCUT2D eigenvalue weighted by Gasteiger charge is -2.34. The van der Waals surface area contributed by atoms with Gasteiger partial charge in [0, 0.05) is 54.1 Å². The maximum Gasteiger partial charge on any atom is 0.409 e. The number of thiol groups is 1. The first-order valence-electron chi connectivity index (χ1n) is 12.2. The number of fused-ring (bicyclic) bond motifs is 3. The van der Waals surface area contributed by atoms with Gasteiger partial charge in [-0.15, -0.1) is 12.6 Å². The third-order valence-electron chi connectivity index (χ3n) is 7.40. The molecule has 0 spiro atoms. The molecule has 1 amide bonds. The van der Waals surface area contributed by atoms with Gasteiger partial charge in [0.2, 0.25) is 0 Å². The lowest BCUT2D eigenvalue weighted by Crippen LogP contribution is -2.48. The van der Waals surface area contributed by atoms with Crippen LogP contribution in [0.2, 0.25) is 0 Å². The molecular formula is C28H29N5O2S.